The van der Waals surface area contributed by atoms with Crippen molar-refractivity contribution in [2.24, 2.45) is 0 Å². The maximum Gasteiger partial charge on any atom is 0.0470 e. The molecular formula is C15H23NOS. The molecule has 1 aromatic carbocycles. The quantitative estimate of drug-likeness (QED) is 0.575. The average molecular weight is 265 g/mol. The van der Waals surface area contributed by atoms with Crippen molar-refractivity contribution in [2.75, 3.05) is 19.5 Å². The number of hydrogen-bond acceptors (Lipinski definition) is 3. The van der Waals surface area contributed by atoms with E-state index >= 15 is 0 Å². The van der Waals surface area contributed by atoms with Crippen molar-refractivity contribution in [3.05, 3.63) is 29.3 Å². The maximum atomic E-state index is 5.09. The predicted octanol–water partition coefficient (Wildman–Crippen LogP) is 3.38. The van der Waals surface area contributed by atoms with Crippen LogP contribution in [0.1, 0.15) is 30.4 Å². The Labute approximate surface area is 114 Å². The fourth-order valence-electron chi connectivity index (χ4n) is 1.91. The number of hydrogen-bond donors (Lipinski definition) is 1. The van der Waals surface area contributed by atoms with Gasteiger partial charge in [-0.2, -0.15) is 0 Å². The van der Waals surface area contributed by atoms with Gasteiger partial charge >= 0.3 is 0 Å². The van der Waals surface area contributed by atoms with Crippen molar-refractivity contribution in [1.82, 2.24) is 5.32 Å². The van der Waals surface area contributed by atoms with Gasteiger partial charge in [-0.05, 0) is 37.8 Å². The average Bonchev–Trinajstić information content (AvgIpc) is 3.18. The first-order valence-corrected chi connectivity index (χ1v) is 7.73. The summed E-state index contributed by atoms with van der Waals surface area (Å²) in [4.78, 5) is 1.42. The molecule has 0 atom stereocenters. The van der Waals surface area contributed by atoms with Crippen LogP contribution in [-0.2, 0) is 11.3 Å². The van der Waals surface area contributed by atoms with Gasteiger partial charge in [0.25, 0.3) is 0 Å². The minimum Gasteiger partial charge on any atom is -0.385 e. The Morgan fingerprint density at radius 1 is 1.39 bits per heavy atom. The molecular weight excluding hydrogens is 242 g/mol. The summed E-state index contributed by atoms with van der Waals surface area (Å²) >= 11 is 1.95. The summed E-state index contributed by atoms with van der Waals surface area (Å²) in [6.45, 7) is 4.04. The zero-order chi connectivity index (χ0) is 12.8. The highest BCUT2D eigenvalue weighted by molar-refractivity contribution is 7.99. The number of nitrogens with one attached hydrogen (secondary N) is 1. The van der Waals surface area contributed by atoms with E-state index < -0.39 is 0 Å². The van der Waals surface area contributed by atoms with Crippen molar-refractivity contribution < 1.29 is 4.74 Å². The first-order valence-electron chi connectivity index (χ1n) is 6.74. The van der Waals surface area contributed by atoms with Gasteiger partial charge in [-0.1, -0.05) is 17.7 Å². The highest BCUT2D eigenvalue weighted by Gasteiger charge is 2.20. The molecule has 2 nitrogen and oxygen atoms in total. The largest absolute Gasteiger partial charge is 0.385 e. The first-order chi connectivity index (χ1) is 8.79. The normalized spacial score (nSPS) is 15.0. The van der Waals surface area contributed by atoms with Gasteiger partial charge < -0.3 is 10.1 Å². The molecule has 0 bridgehead atoms. The lowest BCUT2D eigenvalue weighted by Crippen LogP contribution is -2.16. The van der Waals surface area contributed by atoms with Crippen LogP contribution in [0.25, 0.3) is 0 Å². The molecule has 0 saturated heterocycles. The van der Waals surface area contributed by atoms with Crippen LogP contribution < -0.4 is 5.32 Å². The molecule has 1 N–H and O–H groups in total. The molecule has 0 unspecified atom stereocenters. The summed E-state index contributed by atoms with van der Waals surface area (Å²) < 4.78 is 5.09. The molecule has 100 valence electrons. The molecule has 1 fully saturated rings. The Hall–Kier alpha value is -0.510. The molecule has 0 aromatic heterocycles. The van der Waals surface area contributed by atoms with E-state index in [9.17, 15) is 0 Å². The fraction of sp³-hybridized carbons (Fsp3) is 0.600. The standard InChI is InChI=1S/C15H23NOS/c1-12-4-7-15(18-9-3-8-17-2)13(10-12)11-16-14-5-6-14/h4,7,10,14,16H,3,5-6,8-9,11H2,1-2H3. The second-order valence-electron chi connectivity index (χ2n) is 4.96. The minimum absolute atomic E-state index is 0.775. The van der Waals surface area contributed by atoms with E-state index in [0.29, 0.717) is 0 Å². The van der Waals surface area contributed by atoms with Crippen molar-refractivity contribution in [2.45, 2.75) is 43.7 Å². The molecule has 1 aliphatic carbocycles. The molecule has 0 aliphatic heterocycles. The summed E-state index contributed by atoms with van der Waals surface area (Å²) in [5.74, 6) is 1.13. The fourth-order valence-corrected chi connectivity index (χ4v) is 2.88. The second-order valence-corrected chi connectivity index (χ2v) is 6.10. The van der Waals surface area contributed by atoms with E-state index in [1.54, 1.807) is 7.11 Å². The van der Waals surface area contributed by atoms with Crippen LogP contribution in [0.5, 0.6) is 0 Å². The van der Waals surface area contributed by atoms with Gasteiger partial charge in [-0.15, -0.1) is 11.8 Å². The zero-order valence-electron chi connectivity index (χ0n) is 11.4. The molecule has 3 heteroatoms. The van der Waals surface area contributed by atoms with E-state index in [-0.39, 0.29) is 0 Å². The van der Waals surface area contributed by atoms with Gasteiger partial charge in [0.15, 0.2) is 0 Å². The Bertz CT molecular complexity index is 377. The lowest BCUT2D eigenvalue weighted by molar-refractivity contribution is 0.200. The highest BCUT2D eigenvalue weighted by atomic mass is 32.2. The van der Waals surface area contributed by atoms with Gasteiger partial charge in [0.1, 0.15) is 0 Å². The van der Waals surface area contributed by atoms with Crippen molar-refractivity contribution in [1.29, 1.82) is 0 Å². The highest BCUT2D eigenvalue weighted by Crippen LogP contribution is 2.26. The van der Waals surface area contributed by atoms with Gasteiger partial charge in [0.05, 0.1) is 0 Å². The van der Waals surface area contributed by atoms with Gasteiger partial charge in [-0.3, -0.25) is 0 Å². The predicted molar refractivity (Wildman–Crippen MR) is 78.3 cm³/mol. The van der Waals surface area contributed by atoms with E-state index in [1.165, 1.54) is 28.9 Å². The molecule has 0 amide bonds. The summed E-state index contributed by atoms with van der Waals surface area (Å²) in [7, 11) is 1.77. The third-order valence-electron chi connectivity index (χ3n) is 3.12. The van der Waals surface area contributed by atoms with E-state index in [4.69, 9.17) is 4.74 Å². The Kier molecular flexibility index (Phi) is 5.54. The van der Waals surface area contributed by atoms with E-state index in [2.05, 4.69) is 30.4 Å². The van der Waals surface area contributed by atoms with Crippen LogP contribution in [0.4, 0.5) is 0 Å². The Morgan fingerprint density at radius 2 is 2.22 bits per heavy atom. The number of ether oxygens (including phenoxy) is 1. The van der Waals surface area contributed by atoms with Gasteiger partial charge in [0.2, 0.25) is 0 Å². The van der Waals surface area contributed by atoms with Crippen LogP contribution in [0.15, 0.2) is 23.1 Å². The van der Waals surface area contributed by atoms with Crippen LogP contribution in [0.3, 0.4) is 0 Å². The summed E-state index contributed by atoms with van der Waals surface area (Å²) in [6, 6.07) is 7.56. The Morgan fingerprint density at radius 3 is 2.94 bits per heavy atom. The van der Waals surface area contributed by atoms with Gasteiger partial charge in [-0.25, -0.2) is 0 Å². The molecule has 1 aromatic rings. The summed E-state index contributed by atoms with van der Waals surface area (Å²) in [5, 5.41) is 3.60. The van der Waals surface area contributed by atoms with Crippen molar-refractivity contribution in [3.63, 3.8) is 0 Å². The molecule has 18 heavy (non-hydrogen) atoms. The van der Waals surface area contributed by atoms with E-state index in [1.807, 2.05) is 11.8 Å². The number of thioether (sulfide) groups is 1. The van der Waals surface area contributed by atoms with Crippen LogP contribution in [0, 0.1) is 6.92 Å². The number of aryl methyl sites for hydroxylation is 1. The minimum atomic E-state index is 0.775. The smallest absolute Gasteiger partial charge is 0.0470 e. The first kappa shape index (κ1) is 13.9. The summed E-state index contributed by atoms with van der Waals surface area (Å²) in [6.07, 6.45) is 3.81. The maximum absolute atomic E-state index is 5.09. The number of methoxy groups -OCH3 is 1. The number of rotatable bonds is 8. The molecule has 0 spiro atoms. The third-order valence-corrected chi connectivity index (χ3v) is 4.33. The monoisotopic (exact) mass is 265 g/mol. The lowest BCUT2D eigenvalue weighted by Gasteiger charge is -2.11. The van der Waals surface area contributed by atoms with E-state index in [0.717, 1.165) is 31.4 Å². The Balaban J connectivity index is 1.88. The molecule has 1 saturated carbocycles. The van der Waals surface area contributed by atoms with Crippen LogP contribution >= 0.6 is 11.8 Å². The van der Waals surface area contributed by atoms with Gasteiger partial charge in [0, 0.05) is 37.0 Å². The third kappa shape index (κ3) is 4.63. The molecule has 2 rings (SSSR count). The topological polar surface area (TPSA) is 21.3 Å². The van der Waals surface area contributed by atoms with Crippen molar-refractivity contribution >= 4 is 11.8 Å². The second kappa shape index (κ2) is 7.17. The lowest BCUT2D eigenvalue weighted by atomic mass is 10.1. The molecule has 0 radical (unpaired) electrons. The number of benzene rings is 1. The van der Waals surface area contributed by atoms with Crippen LogP contribution in [-0.4, -0.2) is 25.5 Å². The SMILES string of the molecule is COCCCSc1ccc(C)cc1CNC1CC1. The van der Waals surface area contributed by atoms with Crippen molar-refractivity contribution in [3.8, 4) is 0 Å². The zero-order valence-corrected chi connectivity index (χ0v) is 12.2. The van der Waals surface area contributed by atoms with Crippen LogP contribution in [0.2, 0.25) is 0 Å². The molecule has 0 heterocycles. The molecule has 1 aliphatic rings. The summed E-state index contributed by atoms with van der Waals surface area (Å²) in [5.41, 5.74) is 2.80.